The fourth-order valence-electron chi connectivity index (χ4n) is 2.63. The maximum atomic E-state index is 10.7. The van der Waals surface area contributed by atoms with Gasteiger partial charge in [0.25, 0.3) is 5.69 Å². The van der Waals surface area contributed by atoms with Crippen molar-refractivity contribution < 1.29 is 9.66 Å². The van der Waals surface area contributed by atoms with Crippen molar-refractivity contribution in [2.45, 2.75) is 52.4 Å². The quantitative estimate of drug-likeness (QED) is 0.304. The Bertz CT molecular complexity index is 672. The van der Waals surface area contributed by atoms with Crippen molar-refractivity contribution in [3.8, 4) is 17.1 Å². The molecule has 0 N–H and O–H groups in total. The normalized spacial score (nSPS) is 11.9. The third-order valence-corrected chi connectivity index (χ3v) is 4.56. The summed E-state index contributed by atoms with van der Waals surface area (Å²) in [4.78, 5) is 18.7. The second-order valence-corrected chi connectivity index (χ2v) is 6.62. The molecule has 0 saturated heterocycles. The smallest absolute Gasteiger partial charge is 0.316 e. The van der Waals surface area contributed by atoms with Crippen molar-refractivity contribution >= 4 is 5.69 Å². The van der Waals surface area contributed by atoms with Gasteiger partial charge < -0.3 is 4.74 Å². The second kappa shape index (κ2) is 10.5. The predicted octanol–water partition coefficient (Wildman–Crippen LogP) is 5.43. The third-order valence-electron chi connectivity index (χ3n) is 4.56. The lowest BCUT2D eigenvalue weighted by Crippen LogP contribution is -2.01. The van der Waals surface area contributed by atoms with Gasteiger partial charge in [-0.05, 0) is 30.0 Å². The molecule has 1 heterocycles. The topological polar surface area (TPSA) is 78.2 Å². The van der Waals surface area contributed by atoms with Crippen LogP contribution < -0.4 is 4.74 Å². The standard InChI is InChI=1S/C20H27N3O3/c1-3-16(2)8-6-4-5-7-13-26-20-21-14-18(15-22-20)17-9-11-19(12-10-17)23(24)25/h9-12,14-16H,3-8,13H2,1-2H3/t16-/m0/s1. The molecule has 0 bridgehead atoms. The zero-order chi connectivity index (χ0) is 18.8. The van der Waals surface area contributed by atoms with Crippen LogP contribution in [0.5, 0.6) is 6.01 Å². The summed E-state index contributed by atoms with van der Waals surface area (Å²) >= 11 is 0. The predicted molar refractivity (Wildman–Crippen MR) is 102 cm³/mol. The lowest BCUT2D eigenvalue weighted by atomic mass is 10.0. The Morgan fingerprint density at radius 3 is 2.31 bits per heavy atom. The van der Waals surface area contributed by atoms with E-state index in [2.05, 4.69) is 23.8 Å². The molecular weight excluding hydrogens is 330 g/mol. The van der Waals surface area contributed by atoms with E-state index < -0.39 is 4.92 Å². The molecule has 2 rings (SSSR count). The van der Waals surface area contributed by atoms with Gasteiger partial charge in [-0.1, -0.05) is 46.0 Å². The average Bonchev–Trinajstić information content (AvgIpc) is 2.67. The van der Waals surface area contributed by atoms with Gasteiger partial charge >= 0.3 is 6.01 Å². The molecule has 1 aromatic carbocycles. The van der Waals surface area contributed by atoms with Gasteiger partial charge in [-0.15, -0.1) is 0 Å². The molecule has 0 unspecified atom stereocenters. The molecule has 1 aromatic heterocycles. The summed E-state index contributed by atoms with van der Waals surface area (Å²) in [5, 5.41) is 10.7. The molecule has 0 radical (unpaired) electrons. The largest absolute Gasteiger partial charge is 0.463 e. The van der Waals surface area contributed by atoms with Gasteiger partial charge in [-0.3, -0.25) is 10.1 Å². The lowest BCUT2D eigenvalue weighted by molar-refractivity contribution is -0.384. The number of non-ortho nitro benzene ring substituents is 1. The average molecular weight is 357 g/mol. The van der Waals surface area contributed by atoms with Crippen molar-refractivity contribution in [3.05, 3.63) is 46.8 Å². The van der Waals surface area contributed by atoms with Gasteiger partial charge in [0.2, 0.25) is 0 Å². The van der Waals surface area contributed by atoms with Crippen LogP contribution in [0.4, 0.5) is 5.69 Å². The Balaban J connectivity index is 1.71. The number of nitro groups is 1. The number of benzene rings is 1. The van der Waals surface area contributed by atoms with E-state index in [1.165, 1.54) is 37.8 Å². The van der Waals surface area contributed by atoms with Crippen molar-refractivity contribution in [2.24, 2.45) is 5.92 Å². The number of aromatic nitrogens is 2. The number of nitro benzene ring substituents is 1. The summed E-state index contributed by atoms with van der Waals surface area (Å²) in [6, 6.07) is 6.70. The highest BCUT2D eigenvalue weighted by Crippen LogP contribution is 2.22. The fourth-order valence-corrected chi connectivity index (χ4v) is 2.63. The SMILES string of the molecule is CC[C@H](C)CCCCCCOc1ncc(-c2ccc([N+](=O)[O-])cc2)cn1. The molecule has 2 aromatic rings. The maximum Gasteiger partial charge on any atom is 0.316 e. The molecule has 0 spiro atoms. The van der Waals surface area contributed by atoms with Gasteiger partial charge in [-0.25, -0.2) is 9.97 Å². The molecular formula is C20H27N3O3. The highest BCUT2D eigenvalue weighted by molar-refractivity contribution is 5.63. The van der Waals surface area contributed by atoms with E-state index in [4.69, 9.17) is 4.74 Å². The first-order valence-electron chi connectivity index (χ1n) is 9.29. The van der Waals surface area contributed by atoms with E-state index in [0.717, 1.165) is 29.9 Å². The van der Waals surface area contributed by atoms with Gasteiger partial charge in [0.05, 0.1) is 11.5 Å². The highest BCUT2D eigenvalue weighted by atomic mass is 16.6. The Morgan fingerprint density at radius 1 is 1.04 bits per heavy atom. The summed E-state index contributed by atoms with van der Waals surface area (Å²) in [6.45, 7) is 5.17. The van der Waals surface area contributed by atoms with Crippen LogP contribution in [0.1, 0.15) is 52.4 Å². The third kappa shape index (κ3) is 6.43. The fraction of sp³-hybridized carbons (Fsp3) is 0.500. The van der Waals surface area contributed by atoms with E-state index in [9.17, 15) is 10.1 Å². The number of hydrogen-bond donors (Lipinski definition) is 0. The number of ether oxygens (including phenoxy) is 1. The Labute approximate surface area is 154 Å². The van der Waals surface area contributed by atoms with Gasteiger partial charge in [0.1, 0.15) is 0 Å². The second-order valence-electron chi connectivity index (χ2n) is 6.62. The summed E-state index contributed by atoms with van der Waals surface area (Å²) in [5.74, 6) is 0.828. The minimum Gasteiger partial charge on any atom is -0.463 e. The molecule has 140 valence electrons. The lowest BCUT2D eigenvalue weighted by Gasteiger charge is -2.08. The van der Waals surface area contributed by atoms with Crippen LogP contribution in [0.25, 0.3) is 11.1 Å². The summed E-state index contributed by atoms with van der Waals surface area (Å²) in [5.41, 5.74) is 1.71. The van der Waals surface area contributed by atoms with Gasteiger partial charge in [0.15, 0.2) is 0 Å². The number of rotatable bonds is 11. The number of hydrogen-bond acceptors (Lipinski definition) is 5. The first kappa shape index (κ1) is 19.8. The Hall–Kier alpha value is -2.50. The van der Waals surface area contributed by atoms with Crippen LogP contribution in [-0.2, 0) is 0 Å². The van der Waals surface area contributed by atoms with Crippen LogP contribution in [0.2, 0.25) is 0 Å². The summed E-state index contributed by atoms with van der Waals surface area (Å²) in [6.07, 6.45) is 10.6. The molecule has 0 aliphatic carbocycles. The number of nitrogens with zero attached hydrogens (tertiary/aromatic N) is 3. The molecule has 0 amide bonds. The monoisotopic (exact) mass is 357 g/mol. The molecule has 0 fully saturated rings. The molecule has 6 nitrogen and oxygen atoms in total. The molecule has 6 heteroatoms. The molecule has 0 aliphatic heterocycles. The molecule has 26 heavy (non-hydrogen) atoms. The molecule has 0 aliphatic rings. The van der Waals surface area contributed by atoms with Gasteiger partial charge in [0, 0.05) is 30.1 Å². The van der Waals surface area contributed by atoms with Crippen LogP contribution in [0.3, 0.4) is 0 Å². The van der Waals surface area contributed by atoms with Crippen molar-refractivity contribution in [2.75, 3.05) is 6.61 Å². The molecule has 1 atom stereocenters. The Kier molecular flexibility index (Phi) is 7.99. The van der Waals surface area contributed by atoms with Crippen LogP contribution >= 0.6 is 0 Å². The van der Waals surface area contributed by atoms with Crippen LogP contribution in [0.15, 0.2) is 36.7 Å². The van der Waals surface area contributed by atoms with E-state index in [1.807, 2.05) is 0 Å². The first-order chi connectivity index (χ1) is 12.6. The van der Waals surface area contributed by atoms with Crippen molar-refractivity contribution in [1.82, 2.24) is 9.97 Å². The zero-order valence-electron chi connectivity index (χ0n) is 15.6. The maximum absolute atomic E-state index is 10.7. The zero-order valence-corrected chi connectivity index (χ0v) is 15.6. The highest BCUT2D eigenvalue weighted by Gasteiger charge is 2.06. The van der Waals surface area contributed by atoms with E-state index in [1.54, 1.807) is 24.5 Å². The summed E-state index contributed by atoms with van der Waals surface area (Å²) in [7, 11) is 0. The molecule has 0 saturated carbocycles. The number of unbranched alkanes of at least 4 members (excludes halogenated alkanes) is 3. The van der Waals surface area contributed by atoms with E-state index in [-0.39, 0.29) is 5.69 Å². The first-order valence-corrected chi connectivity index (χ1v) is 9.29. The van der Waals surface area contributed by atoms with E-state index >= 15 is 0 Å². The summed E-state index contributed by atoms with van der Waals surface area (Å²) < 4.78 is 5.58. The van der Waals surface area contributed by atoms with Crippen LogP contribution in [0, 0.1) is 16.0 Å². The Morgan fingerprint density at radius 2 is 1.69 bits per heavy atom. The van der Waals surface area contributed by atoms with Gasteiger partial charge in [-0.2, -0.15) is 0 Å². The van der Waals surface area contributed by atoms with Crippen molar-refractivity contribution in [1.29, 1.82) is 0 Å². The minimum absolute atomic E-state index is 0.0683. The minimum atomic E-state index is -0.415. The van der Waals surface area contributed by atoms with E-state index in [0.29, 0.717) is 12.6 Å². The van der Waals surface area contributed by atoms with Crippen LogP contribution in [-0.4, -0.2) is 21.5 Å². The van der Waals surface area contributed by atoms with Crippen molar-refractivity contribution in [3.63, 3.8) is 0 Å².